The van der Waals surface area contributed by atoms with Gasteiger partial charge in [0.25, 0.3) is 0 Å². The average Bonchev–Trinajstić information content (AvgIpc) is 2.68. The Morgan fingerprint density at radius 3 is 2.82 bits per heavy atom. The number of hydrogen-bond acceptors (Lipinski definition) is 2. The van der Waals surface area contributed by atoms with E-state index in [0.717, 1.165) is 25.1 Å². The Balaban J connectivity index is 2.07. The summed E-state index contributed by atoms with van der Waals surface area (Å²) in [6.07, 6.45) is 0.921. The van der Waals surface area contributed by atoms with Crippen LogP contribution in [0, 0.1) is 17.6 Å². The van der Waals surface area contributed by atoms with E-state index in [1.54, 1.807) is 0 Å². The second kappa shape index (κ2) is 4.79. The first-order chi connectivity index (χ1) is 8.08. The van der Waals surface area contributed by atoms with E-state index in [4.69, 9.17) is 0 Å². The fraction of sp³-hybridized carbons (Fsp3) is 0.417. The van der Waals surface area contributed by atoms with Gasteiger partial charge in [-0.05, 0) is 31.0 Å². The maximum absolute atomic E-state index is 13.3. The molecule has 0 bridgehead atoms. The van der Waals surface area contributed by atoms with Crippen LogP contribution in [0.5, 0.6) is 0 Å². The van der Waals surface area contributed by atoms with Gasteiger partial charge in [-0.1, -0.05) is 6.92 Å². The standard InChI is InChI=1S/C12H14F2N2O/c1-7-4-5-15-11(7)12(17)16-10-3-2-8(13)6-9(10)14/h2-3,6-7,11,15H,4-5H2,1H3,(H,16,17). The lowest BCUT2D eigenvalue weighted by Gasteiger charge is -2.15. The van der Waals surface area contributed by atoms with Crippen molar-refractivity contribution in [1.29, 1.82) is 0 Å². The molecular formula is C12H14F2N2O. The van der Waals surface area contributed by atoms with Crippen molar-refractivity contribution in [2.75, 3.05) is 11.9 Å². The summed E-state index contributed by atoms with van der Waals surface area (Å²) in [6.45, 7) is 2.75. The molecule has 3 nitrogen and oxygen atoms in total. The Morgan fingerprint density at radius 2 is 2.24 bits per heavy atom. The molecular weight excluding hydrogens is 226 g/mol. The van der Waals surface area contributed by atoms with Crippen LogP contribution in [0.2, 0.25) is 0 Å². The highest BCUT2D eigenvalue weighted by molar-refractivity contribution is 5.95. The van der Waals surface area contributed by atoms with E-state index in [2.05, 4.69) is 10.6 Å². The van der Waals surface area contributed by atoms with Crippen LogP contribution in [0.25, 0.3) is 0 Å². The molecule has 92 valence electrons. The van der Waals surface area contributed by atoms with Gasteiger partial charge in [0, 0.05) is 6.07 Å². The van der Waals surface area contributed by atoms with Crippen molar-refractivity contribution >= 4 is 11.6 Å². The number of benzene rings is 1. The number of carbonyl (C=O) groups is 1. The topological polar surface area (TPSA) is 41.1 Å². The number of carbonyl (C=O) groups excluding carboxylic acids is 1. The molecule has 1 amide bonds. The zero-order valence-corrected chi connectivity index (χ0v) is 9.47. The third kappa shape index (κ3) is 2.61. The third-order valence-corrected chi connectivity index (χ3v) is 3.00. The summed E-state index contributed by atoms with van der Waals surface area (Å²) in [6, 6.07) is 2.78. The molecule has 2 atom stereocenters. The van der Waals surface area contributed by atoms with Gasteiger partial charge in [0.1, 0.15) is 11.6 Å². The smallest absolute Gasteiger partial charge is 0.241 e. The molecule has 2 N–H and O–H groups in total. The minimum atomic E-state index is -0.760. The molecule has 0 radical (unpaired) electrons. The van der Waals surface area contributed by atoms with Gasteiger partial charge in [0.05, 0.1) is 11.7 Å². The van der Waals surface area contributed by atoms with Crippen LogP contribution in [0.15, 0.2) is 18.2 Å². The van der Waals surface area contributed by atoms with Gasteiger partial charge >= 0.3 is 0 Å². The van der Waals surface area contributed by atoms with E-state index in [1.807, 2.05) is 6.92 Å². The van der Waals surface area contributed by atoms with Crippen LogP contribution in [-0.4, -0.2) is 18.5 Å². The fourth-order valence-electron chi connectivity index (χ4n) is 1.99. The normalized spacial score (nSPS) is 23.7. The van der Waals surface area contributed by atoms with Crippen LogP contribution in [-0.2, 0) is 4.79 Å². The van der Waals surface area contributed by atoms with E-state index in [-0.39, 0.29) is 23.6 Å². The molecule has 0 aliphatic carbocycles. The van der Waals surface area contributed by atoms with Crippen molar-refractivity contribution in [3.05, 3.63) is 29.8 Å². The highest BCUT2D eigenvalue weighted by Crippen LogP contribution is 2.19. The highest BCUT2D eigenvalue weighted by atomic mass is 19.1. The lowest BCUT2D eigenvalue weighted by Crippen LogP contribution is -2.39. The molecule has 2 unspecified atom stereocenters. The van der Waals surface area contributed by atoms with Gasteiger partial charge in [-0.2, -0.15) is 0 Å². The number of anilines is 1. The second-order valence-electron chi connectivity index (χ2n) is 4.31. The van der Waals surface area contributed by atoms with E-state index < -0.39 is 11.6 Å². The molecule has 2 rings (SSSR count). The lowest BCUT2D eigenvalue weighted by atomic mass is 10.0. The van der Waals surface area contributed by atoms with Crippen molar-refractivity contribution < 1.29 is 13.6 Å². The van der Waals surface area contributed by atoms with Gasteiger partial charge in [-0.3, -0.25) is 4.79 Å². The number of nitrogens with one attached hydrogen (secondary N) is 2. The Morgan fingerprint density at radius 1 is 1.47 bits per heavy atom. The zero-order valence-electron chi connectivity index (χ0n) is 9.47. The Kier molecular flexibility index (Phi) is 3.38. The predicted molar refractivity (Wildman–Crippen MR) is 60.6 cm³/mol. The minimum absolute atomic E-state index is 0.0114. The Hall–Kier alpha value is -1.49. The molecule has 0 spiro atoms. The molecule has 1 aliphatic rings. The lowest BCUT2D eigenvalue weighted by molar-refractivity contribution is -0.118. The minimum Gasteiger partial charge on any atom is -0.322 e. The van der Waals surface area contributed by atoms with Gasteiger partial charge in [-0.15, -0.1) is 0 Å². The predicted octanol–water partition coefficient (Wildman–Crippen LogP) is 1.90. The third-order valence-electron chi connectivity index (χ3n) is 3.00. The van der Waals surface area contributed by atoms with Gasteiger partial charge < -0.3 is 10.6 Å². The van der Waals surface area contributed by atoms with Crippen LogP contribution in [0.4, 0.5) is 14.5 Å². The van der Waals surface area contributed by atoms with Crippen LogP contribution in [0.3, 0.4) is 0 Å². The van der Waals surface area contributed by atoms with E-state index in [0.29, 0.717) is 0 Å². The fourth-order valence-corrected chi connectivity index (χ4v) is 1.99. The second-order valence-corrected chi connectivity index (χ2v) is 4.31. The van der Waals surface area contributed by atoms with E-state index in [9.17, 15) is 13.6 Å². The molecule has 0 saturated carbocycles. The van der Waals surface area contributed by atoms with E-state index >= 15 is 0 Å². The molecule has 1 aliphatic heterocycles. The first kappa shape index (κ1) is 12.0. The summed E-state index contributed by atoms with van der Waals surface area (Å²) in [5.41, 5.74) is 0.0114. The first-order valence-electron chi connectivity index (χ1n) is 5.57. The van der Waals surface area contributed by atoms with Crippen molar-refractivity contribution in [3.63, 3.8) is 0 Å². The van der Waals surface area contributed by atoms with E-state index in [1.165, 1.54) is 6.07 Å². The van der Waals surface area contributed by atoms with Crippen molar-refractivity contribution in [2.45, 2.75) is 19.4 Å². The molecule has 1 fully saturated rings. The summed E-state index contributed by atoms with van der Waals surface area (Å²) in [4.78, 5) is 11.8. The Labute approximate surface area is 98.2 Å². The molecule has 17 heavy (non-hydrogen) atoms. The molecule has 1 heterocycles. The van der Waals surface area contributed by atoms with Crippen LogP contribution < -0.4 is 10.6 Å². The van der Waals surface area contributed by atoms with Gasteiger partial charge in [0.2, 0.25) is 5.91 Å². The monoisotopic (exact) mass is 240 g/mol. The maximum atomic E-state index is 13.3. The summed E-state index contributed by atoms with van der Waals surface area (Å²) >= 11 is 0. The molecule has 1 saturated heterocycles. The molecule has 0 aromatic heterocycles. The molecule has 1 aromatic rings. The largest absolute Gasteiger partial charge is 0.322 e. The number of amides is 1. The van der Waals surface area contributed by atoms with Gasteiger partial charge in [-0.25, -0.2) is 8.78 Å². The number of rotatable bonds is 2. The first-order valence-corrected chi connectivity index (χ1v) is 5.57. The zero-order chi connectivity index (χ0) is 12.4. The summed E-state index contributed by atoms with van der Waals surface area (Å²) in [5, 5.41) is 5.52. The van der Waals surface area contributed by atoms with Gasteiger partial charge in [0.15, 0.2) is 0 Å². The van der Waals surface area contributed by atoms with Crippen molar-refractivity contribution in [3.8, 4) is 0 Å². The summed E-state index contributed by atoms with van der Waals surface area (Å²) < 4.78 is 26.0. The quantitative estimate of drug-likeness (QED) is 0.829. The van der Waals surface area contributed by atoms with Crippen molar-refractivity contribution in [1.82, 2.24) is 5.32 Å². The van der Waals surface area contributed by atoms with Crippen LogP contribution >= 0.6 is 0 Å². The average molecular weight is 240 g/mol. The highest BCUT2D eigenvalue weighted by Gasteiger charge is 2.29. The molecule has 5 heteroatoms. The van der Waals surface area contributed by atoms with Crippen LogP contribution in [0.1, 0.15) is 13.3 Å². The maximum Gasteiger partial charge on any atom is 0.241 e. The summed E-state index contributed by atoms with van der Waals surface area (Å²) in [7, 11) is 0. The summed E-state index contributed by atoms with van der Waals surface area (Å²) in [5.74, 6) is -1.48. The van der Waals surface area contributed by atoms with Crippen molar-refractivity contribution in [2.24, 2.45) is 5.92 Å². The number of halogens is 2. The number of hydrogen-bond donors (Lipinski definition) is 2. The SMILES string of the molecule is CC1CCNC1C(=O)Nc1ccc(F)cc1F. The molecule has 1 aromatic carbocycles. The Bertz CT molecular complexity index is 437.